The molecule has 3 N–H and O–H groups in total. The Bertz CT molecular complexity index is 879. The van der Waals surface area contributed by atoms with Crippen LogP contribution in [0.2, 0.25) is 0 Å². The number of ether oxygens (including phenoxy) is 1. The second-order valence-electron chi connectivity index (χ2n) is 6.26. The van der Waals surface area contributed by atoms with Gasteiger partial charge in [-0.25, -0.2) is 5.01 Å². The predicted octanol–water partition coefficient (Wildman–Crippen LogP) is 1.85. The molecule has 0 bridgehead atoms. The molecule has 0 spiro atoms. The minimum atomic E-state index is -0.567. The van der Waals surface area contributed by atoms with E-state index in [1.165, 1.54) is 11.9 Å². The van der Waals surface area contributed by atoms with Crippen LogP contribution in [0.4, 0.5) is 0 Å². The van der Waals surface area contributed by atoms with Gasteiger partial charge in [-0.3, -0.25) is 15.0 Å². The summed E-state index contributed by atoms with van der Waals surface area (Å²) in [5.41, 5.74) is 11.0. The number of hydrazine groups is 1. The highest BCUT2D eigenvalue weighted by molar-refractivity contribution is 6.00. The molecule has 1 heterocycles. The van der Waals surface area contributed by atoms with Crippen LogP contribution in [0.3, 0.4) is 0 Å². The maximum Gasteiger partial charge on any atom is 0.235 e. The van der Waals surface area contributed by atoms with E-state index in [4.69, 9.17) is 10.5 Å². The quantitative estimate of drug-likeness (QED) is 0.859. The van der Waals surface area contributed by atoms with E-state index in [1.807, 2.05) is 12.1 Å². The third-order valence-corrected chi connectivity index (χ3v) is 4.61. The maximum atomic E-state index is 12.8. The number of Topliss-reactive ketones (excluding diaryl/α,β-unsaturated/α-hetero) is 1. The Balaban J connectivity index is 2.22. The number of nitrogens with two attached hydrogens (primary N) is 1. The molecular formula is C19H20N4O3. The minimum absolute atomic E-state index is 0.0327. The van der Waals surface area contributed by atoms with Crippen LogP contribution in [0.1, 0.15) is 37.7 Å². The summed E-state index contributed by atoms with van der Waals surface area (Å²) in [5, 5.41) is 11.1. The molecule has 7 nitrogen and oxygen atoms in total. The van der Waals surface area contributed by atoms with Crippen LogP contribution in [-0.4, -0.2) is 23.8 Å². The summed E-state index contributed by atoms with van der Waals surface area (Å²) < 4.78 is 5.28. The van der Waals surface area contributed by atoms with Crippen molar-refractivity contribution in [2.75, 3.05) is 7.11 Å². The van der Waals surface area contributed by atoms with Crippen molar-refractivity contribution in [3.63, 3.8) is 0 Å². The third-order valence-electron chi connectivity index (χ3n) is 4.61. The molecule has 26 heavy (non-hydrogen) atoms. The van der Waals surface area contributed by atoms with Crippen LogP contribution in [0.5, 0.6) is 5.75 Å². The molecule has 1 aliphatic heterocycles. The molecule has 0 saturated carbocycles. The number of hydrogen-bond acceptors (Lipinski definition) is 6. The second kappa shape index (κ2) is 6.92. The number of ketones is 1. The number of amides is 1. The average molecular weight is 352 g/mol. The van der Waals surface area contributed by atoms with Crippen LogP contribution in [-0.2, 0) is 9.59 Å². The topological polar surface area (TPSA) is 108 Å². The van der Waals surface area contributed by atoms with Crippen molar-refractivity contribution in [3.05, 3.63) is 52.5 Å². The molecule has 134 valence electrons. The molecule has 0 radical (unpaired) electrons. The van der Waals surface area contributed by atoms with E-state index < -0.39 is 5.92 Å². The van der Waals surface area contributed by atoms with Gasteiger partial charge in [0.15, 0.2) is 5.78 Å². The van der Waals surface area contributed by atoms with Crippen molar-refractivity contribution >= 4 is 11.7 Å². The summed E-state index contributed by atoms with van der Waals surface area (Å²) >= 11 is 0. The van der Waals surface area contributed by atoms with E-state index in [1.54, 1.807) is 19.2 Å². The van der Waals surface area contributed by atoms with Gasteiger partial charge in [0.05, 0.1) is 24.7 Å². The summed E-state index contributed by atoms with van der Waals surface area (Å²) in [5.74, 6) is -0.149. The van der Waals surface area contributed by atoms with Crippen molar-refractivity contribution in [2.24, 2.45) is 5.73 Å². The molecule has 3 rings (SSSR count). The van der Waals surface area contributed by atoms with Crippen LogP contribution in [0.25, 0.3) is 0 Å². The number of carbonyl (C=O) groups excluding carboxylic acids is 2. The lowest BCUT2D eigenvalue weighted by Crippen LogP contribution is -2.47. The summed E-state index contributed by atoms with van der Waals surface area (Å²) in [4.78, 5) is 24.4. The number of methoxy groups -OCH3 is 1. The van der Waals surface area contributed by atoms with Gasteiger partial charge in [0.1, 0.15) is 11.6 Å². The maximum absolute atomic E-state index is 12.8. The van der Waals surface area contributed by atoms with Crippen molar-refractivity contribution in [2.45, 2.75) is 32.1 Å². The fraction of sp³-hybridized carbons (Fsp3) is 0.316. The Morgan fingerprint density at radius 2 is 2.19 bits per heavy atom. The highest BCUT2D eigenvalue weighted by atomic mass is 16.5. The first kappa shape index (κ1) is 17.5. The van der Waals surface area contributed by atoms with Crippen LogP contribution < -0.4 is 15.9 Å². The lowest BCUT2D eigenvalue weighted by molar-refractivity contribution is -0.123. The predicted molar refractivity (Wildman–Crippen MR) is 94.1 cm³/mol. The zero-order chi connectivity index (χ0) is 18.8. The number of rotatable bonds is 3. The van der Waals surface area contributed by atoms with Gasteiger partial charge in [-0.2, -0.15) is 5.26 Å². The molecule has 7 heteroatoms. The van der Waals surface area contributed by atoms with Crippen molar-refractivity contribution in [3.8, 4) is 11.8 Å². The smallest absolute Gasteiger partial charge is 0.235 e. The third kappa shape index (κ3) is 2.90. The normalized spacial score (nSPS) is 19.8. The van der Waals surface area contributed by atoms with Gasteiger partial charge in [0, 0.05) is 24.6 Å². The monoisotopic (exact) mass is 352 g/mol. The van der Waals surface area contributed by atoms with Crippen LogP contribution in [0.15, 0.2) is 46.9 Å². The highest BCUT2D eigenvalue weighted by Gasteiger charge is 2.40. The Morgan fingerprint density at radius 1 is 1.42 bits per heavy atom. The number of allylic oxidation sites excluding steroid dienone is 3. The number of nitrogens with zero attached hydrogens (tertiary/aromatic N) is 2. The van der Waals surface area contributed by atoms with E-state index in [9.17, 15) is 14.9 Å². The lowest BCUT2D eigenvalue weighted by atomic mass is 9.76. The van der Waals surface area contributed by atoms with Crippen molar-refractivity contribution < 1.29 is 14.3 Å². The zero-order valence-electron chi connectivity index (χ0n) is 14.7. The number of hydrogen-bond donors (Lipinski definition) is 2. The summed E-state index contributed by atoms with van der Waals surface area (Å²) in [6.45, 7) is 1.36. The van der Waals surface area contributed by atoms with E-state index >= 15 is 0 Å². The van der Waals surface area contributed by atoms with Crippen molar-refractivity contribution in [1.29, 1.82) is 5.26 Å². The Morgan fingerprint density at radius 3 is 2.85 bits per heavy atom. The van der Waals surface area contributed by atoms with Gasteiger partial charge >= 0.3 is 0 Å². The highest BCUT2D eigenvalue weighted by Crippen LogP contribution is 2.44. The zero-order valence-corrected chi connectivity index (χ0v) is 14.7. The molecule has 1 aromatic carbocycles. The molecule has 1 aliphatic carbocycles. The minimum Gasteiger partial charge on any atom is -0.497 e. The first-order chi connectivity index (χ1) is 12.5. The Kier molecular flexibility index (Phi) is 4.67. The van der Waals surface area contributed by atoms with Gasteiger partial charge in [-0.15, -0.1) is 0 Å². The summed E-state index contributed by atoms with van der Waals surface area (Å²) in [6, 6.07) is 9.39. The van der Waals surface area contributed by atoms with E-state index in [2.05, 4.69) is 11.5 Å². The molecule has 1 amide bonds. The summed E-state index contributed by atoms with van der Waals surface area (Å²) in [7, 11) is 1.56. The molecule has 1 aromatic rings. The first-order valence-electron chi connectivity index (χ1n) is 8.35. The van der Waals surface area contributed by atoms with E-state index in [0.29, 0.717) is 36.3 Å². The van der Waals surface area contributed by atoms with E-state index in [-0.39, 0.29) is 23.1 Å². The van der Waals surface area contributed by atoms with Gasteiger partial charge in [-0.05, 0) is 30.5 Å². The fourth-order valence-corrected chi connectivity index (χ4v) is 3.53. The second-order valence-corrected chi connectivity index (χ2v) is 6.26. The van der Waals surface area contributed by atoms with Gasteiger partial charge < -0.3 is 10.5 Å². The first-order valence-corrected chi connectivity index (χ1v) is 8.35. The largest absolute Gasteiger partial charge is 0.497 e. The van der Waals surface area contributed by atoms with Gasteiger partial charge in [0.2, 0.25) is 5.91 Å². The standard InChI is InChI=1S/C19H20N4O3/c1-11(24)22-23-15-7-4-8-16(25)18(15)17(14(10-20)19(23)21)12-5-3-6-13(9-12)26-2/h3,5-6,9,17H,4,7-8,21H2,1-2H3,(H,22,24). The molecule has 1 unspecified atom stereocenters. The molecule has 1 atom stereocenters. The number of nitriles is 1. The molecular weight excluding hydrogens is 332 g/mol. The number of benzene rings is 1. The van der Waals surface area contributed by atoms with Crippen LogP contribution >= 0.6 is 0 Å². The number of nitrogens with one attached hydrogen (secondary N) is 1. The number of carbonyl (C=O) groups is 2. The molecule has 0 saturated heterocycles. The summed E-state index contributed by atoms with van der Waals surface area (Å²) in [6.07, 6.45) is 1.68. The SMILES string of the molecule is COc1cccc(C2C(C#N)=C(N)N(NC(C)=O)C3=C2C(=O)CCC3)c1. The fourth-order valence-electron chi connectivity index (χ4n) is 3.53. The average Bonchev–Trinajstić information content (AvgIpc) is 2.63. The Labute approximate surface area is 151 Å². The Hall–Kier alpha value is -3.27. The lowest BCUT2D eigenvalue weighted by Gasteiger charge is -2.39. The van der Waals surface area contributed by atoms with Crippen LogP contribution in [0, 0.1) is 11.3 Å². The molecule has 0 aromatic heterocycles. The molecule has 2 aliphatic rings. The van der Waals surface area contributed by atoms with Gasteiger partial charge in [0.25, 0.3) is 0 Å². The van der Waals surface area contributed by atoms with Gasteiger partial charge in [-0.1, -0.05) is 12.1 Å². The van der Waals surface area contributed by atoms with Crippen molar-refractivity contribution in [1.82, 2.24) is 10.4 Å². The molecule has 0 fully saturated rings. The van der Waals surface area contributed by atoms with E-state index in [0.717, 1.165) is 5.56 Å².